The molecule has 0 N–H and O–H groups in total. The first-order valence-corrected chi connectivity index (χ1v) is 9.32. The Morgan fingerprint density at radius 1 is 1.00 bits per heavy atom. The van der Waals surface area contributed by atoms with Crippen LogP contribution in [0.4, 0.5) is 0 Å². The first kappa shape index (κ1) is 17.2. The summed E-state index contributed by atoms with van der Waals surface area (Å²) in [5.74, 6) is 0.454. The summed E-state index contributed by atoms with van der Waals surface area (Å²) in [5, 5.41) is 0. The molecule has 2 aliphatic rings. The zero-order chi connectivity index (χ0) is 16.9. The fourth-order valence-corrected chi connectivity index (χ4v) is 3.73. The Hall–Kier alpha value is -1.68. The number of hydrogen-bond donors (Lipinski definition) is 0. The second-order valence-corrected chi connectivity index (χ2v) is 7.02. The lowest BCUT2D eigenvalue weighted by molar-refractivity contribution is -0.132. The van der Waals surface area contributed by atoms with Crippen molar-refractivity contribution >= 4 is 11.7 Å². The molecule has 1 heterocycles. The van der Waals surface area contributed by atoms with E-state index in [1.807, 2.05) is 17.9 Å². The predicted molar refractivity (Wildman–Crippen MR) is 95.3 cm³/mol. The van der Waals surface area contributed by atoms with E-state index < -0.39 is 0 Å². The molecule has 3 rings (SSSR count). The van der Waals surface area contributed by atoms with Crippen molar-refractivity contribution in [1.82, 2.24) is 9.80 Å². The SMILES string of the molecule is CCCC(=O)N1CCN(CC(=O)c2ccc3c(c2)CCCC3)CC1. The van der Waals surface area contributed by atoms with E-state index in [9.17, 15) is 9.59 Å². The van der Waals surface area contributed by atoms with Gasteiger partial charge in [0.1, 0.15) is 0 Å². The molecule has 1 fully saturated rings. The van der Waals surface area contributed by atoms with Crippen LogP contribution in [0, 0.1) is 0 Å². The van der Waals surface area contributed by atoms with Gasteiger partial charge in [-0.3, -0.25) is 14.5 Å². The van der Waals surface area contributed by atoms with Crippen molar-refractivity contribution in [3.8, 4) is 0 Å². The van der Waals surface area contributed by atoms with Crippen LogP contribution in [0.3, 0.4) is 0 Å². The minimum Gasteiger partial charge on any atom is -0.340 e. The first-order valence-electron chi connectivity index (χ1n) is 9.32. The molecule has 0 aromatic heterocycles. The van der Waals surface area contributed by atoms with Crippen molar-refractivity contribution in [1.29, 1.82) is 0 Å². The van der Waals surface area contributed by atoms with E-state index in [1.54, 1.807) is 0 Å². The smallest absolute Gasteiger partial charge is 0.222 e. The van der Waals surface area contributed by atoms with Crippen LogP contribution in [0.2, 0.25) is 0 Å². The number of aryl methyl sites for hydroxylation is 2. The quantitative estimate of drug-likeness (QED) is 0.780. The van der Waals surface area contributed by atoms with Gasteiger partial charge in [0, 0.05) is 38.2 Å². The molecule has 1 aromatic carbocycles. The molecule has 130 valence electrons. The fourth-order valence-electron chi connectivity index (χ4n) is 3.73. The normalized spacial score (nSPS) is 18.3. The number of fused-ring (bicyclic) bond motifs is 1. The average Bonchev–Trinajstić information content (AvgIpc) is 2.62. The molecule has 1 aromatic rings. The van der Waals surface area contributed by atoms with Gasteiger partial charge in [-0.2, -0.15) is 0 Å². The fraction of sp³-hybridized carbons (Fsp3) is 0.600. The lowest BCUT2D eigenvalue weighted by Gasteiger charge is -2.34. The van der Waals surface area contributed by atoms with E-state index in [0.29, 0.717) is 13.0 Å². The molecular weight excluding hydrogens is 300 g/mol. The van der Waals surface area contributed by atoms with Crippen LogP contribution < -0.4 is 0 Å². The standard InChI is InChI=1S/C20H28N2O2/c1-2-5-20(24)22-12-10-21(11-13-22)15-19(23)18-9-8-16-6-3-4-7-17(16)14-18/h8-9,14H,2-7,10-13,15H2,1H3. The molecule has 24 heavy (non-hydrogen) atoms. The summed E-state index contributed by atoms with van der Waals surface area (Å²) in [7, 11) is 0. The molecule has 4 nitrogen and oxygen atoms in total. The zero-order valence-corrected chi connectivity index (χ0v) is 14.7. The highest BCUT2D eigenvalue weighted by atomic mass is 16.2. The number of piperazine rings is 1. The Bertz CT molecular complexity index is 604. The highest BCUT2D eigenvalue weighted by molar-refractivity contribution is 5.97. The van der Waals surface area contributed by atoms with Crippen molar-refractivity contribution < 1.29 is 9.59 Å². The van der Waals surface area contributed by atoms with E-state index in [2.05, 4.69) is 17.0 Å². The van der Waals surface area contributed by atoms with E-state index in [0.717, 1.165) is 51.0 Å². The van der Waals surface area contributed by atoms with Gasteiger partial charge < -0.3 is 4.90 Å². The van der Waals surface area contributed by atoms with E-state index in [-0.39, 0.29) is 11.7 Å². The minimum atomic E-state index is 0.205. The number of rotatable bonds is 5. The number of carbonyl (C=O) groups is 2. The highest BCUT2D eigenvalue weighted by Gasteiger charge is 2.22. The maximum atomic E-state index is 12.6. The van der Waals surface area contributed by atoms with Gasteiger partial charge in [-0.25, -0.2) is 0 Å². The third kappa shape index (κ3) is 4.04. The van der Waals surface area contributed by atoms with Gasteiger partial charge in [-0.05, 0) is 49.3 Å². The lowest BCUT2D eigenvalue weighted by Crippen LogP contribution is -2.49. The molecule has 0 unspecified atom stereocenters. The molecule has 1 saturated heterocycles. The van der Waals surface area contributed by atoms with Gasteiger partial charge in [0.25, 0.3) is 0 Å². The molecule has 0 bridgehead atoms. The van der Waals surface area contributed by atoms with Crippen LogP contribution in [-0.4, -0.2) is 54.2 Å². The van der Waals surface area contributed by atoms with Gasteiger partial charge in [0.05, 0.1) is 6.54 Å². The Kier molecular flexibility index (Phi) is 5.67. The van der Waals surface area contributed by atoms with Gasteiger partial charge in [0.2, 0.25) is 5.91 Å². The zero-order valence-electron chi connectivity index (χ0n) is 14.7. The average molecular weight is 328 g/mol. The van der Waals surface area contributed by atoms with Crippen molar-refractivity contribution in [2.24, 2.45) is 0 Å². The van der Waals surface area contributed by atoms with Crippen molar-refractivity contribution in [2.75, 3.05) is 32.7 Å². The second-order valence-electron chi connectivity index (χ2n) is 7.02. The summed E-state index contributed by atoms with van der Waals surface area (Å²) in [6.45, 7) is 5.59. The number of nitrogens with zero attached hydrogens (tertiary/aromatic N) is 2. The topological polar surface area (TPSA) is 40.6 Å². The van der Waals surface area contributed by atoms with E-state index in [4.69, 9.17) is 0 Å². The predicted octanol–water partition coefficient (Wildman–Crippen LogP) is 2.69. The van der Waals surface area contributed by atoms with E-state index in [1.165, 1.54) is 24.0 Å². The molecule has 4 heteroatoms. The summed E-state index contributed by atoms with van der Waals surface area (Å²) in [6.07, 6.45) is 6.29. The molecular formula is C20H28N2O2. The summed E-state index contributed by atoms with van der Waals surface area (Å²) in [6, 6.07) is 6.24. The van der Waals surface area contributed by atoms with Crippen LogP contribution >= 0.6 is 0 Å². The molecule has 1 aliphatic heterocycles. The minimum absolute atomic E-state index is 0.205. The number of hydrogen-bond acceptors (Lipinski definition) is 3. The summed E-state index contributed by atoms with van der Waals surface area (Å²) in [4.78, 5) is 28.6. The van der Waals surface area contributed by atoms with Crippen molar-refractivity contribution in [2.45, 2.75) is 45.4 Å². The lowest BCUT2D eigenvalue weighted by atomic mass is 9.90. The summed E-state index contributed by atoms with van der Waals surface area (Å²) < 4.78 is 0. The number of Topliss-reactive ketones (excluding diaryl/α,β-unsaturated/α-hetero) is 1. The molecule has 1 amide bonds. The largest absolute Gasteiger partial charge is 0.340 e. The van der Waals surface area contributed by atoms with Gasteiger partial charge in [-0.1, -0.05) is 19.1 Å². The third-order valence-electron chi connectivity index (χ3n) is 5.23. The van der Waals surface area contributed by atoms with Crippen LogP contribution in [0.5, 0.6) is 0 Å². The first-order chi connectivity index (χ1) is 11.7. The van der Waals surface area contributed by atoms with Crippen LogP contribution in [0.15, 0.2) is 18.2 Å². The maximum Gasteiger partial charge on any atom is 0.222 e. The maximum absolute atomic E-state index is 12.6. The van der Waals surface area contributed by atoms with Gasteiger partial charge >= 0.3 is 0 Å². The summed E-state index contributed by atoms with van der Waals surface area (Å²) in [5.41, 5.74) is 3.63. The van der Waals surface area contributed by atoms with Crippen LogP contribution in [0.25, 0.3) is 0 Å². The second kappa shape index (κ2) is 7.93. The molecule has 0 saturated carbocycles. The Morgan fingerprint density at radius 3 is 2.42 bits per heavy atom. The molecule has 0 spiro atoms. The van der Waals surface area contributed by atoms with E-state index >= 15 is 0 Å². The highest BCUT2D eigenvalue weighted by Crippen LogP contribution is 2.22. The molecule has 1 aliphatic carbocycles. The van der Waals surface area contributed by atoms with Crippen molar-refractivity contribution in [3.63, 3.8) is 0 Å². The van der Waals surface area contributed by atoms with Gasteiger partial charge in [-0.15, -0.1) is 0 Å². The third-order valence-corrected chi connectivity index (χ3v) is 5.23. The Morgan fingerprint density at radius 2 is 1.71 bits per heavy atom. The number of benzene rings is 1. The summed E-state index contributed by atoms with van der Waals surface area (Å²) >= 11 is 0. The Balaban J connectivity index is 1.53. The van der Waals surface area contributed by atoms with Crippen LogP contribution in [0.1, 0.15) is 54.1 Å². The number of amides is 1. The molecule has 0 radical (unpaired) electrons. The van der Waals surface area contributed by atoms with Gasteiger partial charge in [0.15, 0.2) is 5.78 Å². The number of ketones is 1. The molecule has 0 atom stereocenters. The van der Waals surface area contributed by atoms with Crippen LogP contribution in [-0.2, 0) is 17.6 Å². The number of carbonyl (C=O) groups excluding carboxylic acids is 2. The van der Waals surface area contributed by atoms with Crippen molar-refractivity contribution in [3.05, 3.63) is 34.9 Å². The Labute approximate surface area is 144 Å². The monoisotopic (exact) mass is 328 g/mol.